The molecule has 0 bridgehead atoms. The first-order valence-electron chi connectivity index (χ1n) is 11.5. The molecule has 1 aliphatic heterocycles. The fourth-order valence-electron chi connectivity index (χ4n) is 4.50. The number of β-lactam (4-membered cyclic amide) rings is 1. The van der Waals surface area contributed by atoms with Crippen LogP contribution >= 0.6 is 0 Å². The van der Waals surface area contributed by atoms with Gasteiger partial charge >= 0.3 is 11.9 Å². The summed E-state index contributed by atoms with van der Waals surface area (Å²) in [6, 6.07) is 17.9. The van der Waals surface area contributed by atoms with E-state index in [1.54, 1.807) is 53.4 Å². The predicted molar refractivity (Wildman–Crippen MR) is 128 cm³/mol. The first-order chi connectivity index (χ1) is 17.2. The molecule has 3 aromatic rings. The van der Waals surface area contributed by atoms with Gasteiger partial charge in [0.2, 0.25) is 5.91 Å². The molecule has 0 aliphatic carbocycles. The fourth-order valence-corrected chi connectivity index (χ4v) is 4.50. The number of carbonyl (C=O) groups is 3. The Morgan fingerprint density at radius 1 is 0.861 bits per heavy atom. The molecule has 0 saturated carbocycles. The van der Waals surface area contributed by atoms with Crippen LogP contribution in [0.4, 0.5) is 14.5 Å². The molecule has 6 nitrogen and oxygen atoms in total. The van der Waals surface area contributed by atoms with Crippen LogP contribution < -0.4 is 9.64 Å². The molecule has 1 saturated heterocycles. The Morgan fingerprint density at radius 2 is 1.44 bits per heavy atom. The number of nitrogens with zero attached hydrogens (tertiary/aromatic N) is 1. The quantitative estimate of drug-likeness (QED) is 0.229. The van der Waals surface area contributed by atoms with Crippen LogP contribution in [0.25, 0.3) is 0 Å². The summed E-state index contributed by atoms with van der Waals surface area (Å²) in [5.41, 5.74) is 2.00. The summed E-state index contributed by atoms with van der Waals surface area (Å²) in [5, 5.41) is 0. The van der Waals surface area contributed by atoms with Crippen LogP contribution in [0.5, 0.6) is 5.75 Å². The fraction of sp³-hybridized carbons (Fsp3) is 0.250. The van der Waals surface area contributed by atoms with Gasteiger partial charge in [0.05, 0.1) is 12.0 Å². The van der Waals surface area contributed by atoms with Gasteiger partial charge in [-0.1, -0.05) is 24.3 Å². The van der Waals surface area contributed by atoms with Crippen molar-refractivity contribution in [2.45, 2.75) is 38.8 Å². The molecule has 186 valence electrons. The zero-order valence-corrected chi connectivity index (χ0v) is 19.8. The Hall–Kier alpha value is -4.07. The molecule has 0 aromatic heterocycles. The summed E-state index contributed by atoms with van der Waals surface area (Å²) in [6.45, 7) is 2.61. The van der Waals surface area contributed by atoms with Crippen LogP contribution in [0.2, 0.25) is 0 Å². The third-order valence-electron chi connectivity index (χ3n) is 6.09. The molecule has 1 amide bonds. The molecule has 3 aromatic carbocycles. The Labute approximate surface area is 207 Å². The average Bonchev–Trinajstić information content (AvgIpc) is 2.83. The number of ether oxygens (including phenoxy) is 2. The zero-order valence-electron chi connectivity index (χ0n) is 19.8. The summed E-state index contributed by atoms with van der Waals surface area (Å²) in [5.74, 6) is -1.92. The molecular formula is C28H25F2NO5. The highest BCUT2D eigenvalue weighted by molar-refractivity contribution is 6.03. The molecule has 4 rings (SSSR count). The second-order valence-electron chi connectivity index (χ2n) is 8.63. The van der Waals surface area contributed by atoms with E-state index in [1.807, 2.05) is 0 Å². The van der Waals surface area contributed by atoms with Gasteiger partial charge in [-0.2, -0.15) is 0 Å². The number of carbonyl (C=O) groups excluding carboxylic acids is 3. The molecule has 3 unspecified atom stereocenters. The van der Waals surface area contributed by atoms with Gasteiger partial charge in [-0.25, -0.2) is 8.78 Å². The van der Waals surface area contributed by atoms with Gasteiger partial charge in [-0.15, -0.1) is 0 Å². The van der Waals surface area contributed by atoms with E-state index in [9.17, 15) is 23.2 Å². The molecular weight excluding hydrogens is 468 g/mol. The van der Waals surface area contributed by atoms with Crippen molar-refractivity contribution >= 4 is 23.5 Å². The van der Waals surface area contributed by atoms with Gasteiger partial charge in [-0.3, -0.25) is 14.4 Å². The van der Waals surface area contributed by atoms with Crippen LogP contribution in [0, 0.1) is 17.6 Å². The number of benzene rings is 3. The van der Waals surface area contributed by atoms with E-state index in [1.165, 1.54) is 38.1 Å². The van der Waals surface area contributed by atoms with Crippen LogP contribution in [0.3, 0.4) is 0 Å². The van der Waals surface area contributed by atoms with E-state index in [0.717, 1.165) is 5.56 Å². The lowest BCUT2D eigenvalue weighted by Crippen LogP contribution is -2.55. The molecule has 8 heteroatoms. The van der Waals surface area contributed by atoms with Crippen LogP contribution in [0.1, 0.15) is 50.0 Å². The van der Waals surface area contributed by atoms with Gasteiger partial charge in [0, 0.05) is 19.5 Å². The SMILES string of the molecule is CC(=O)Oc1ccc(C2C(CCC(OC(C)=O)c3ccc(F)cc3)C(=O)N2c2ccc(F)cc2)cc1. The van der Waals surface area contributed by atoms with Crippen LogP contribution in [0.15, 0.2) is 72.8 Å². The average molecular weight is 494 g/mol. The van der Waals surface area contributed by atoms with Crippen molar-refractivity contribution in [2.24, 2.45) is 5.92 Å². The highest BCUT2D eigenvalue weighted by Gasteiger charge is 2.48. The summed E-state index contributed by atoms with van der Waals surface area (Å²) in [7, 11) is 0. The highest BCUT2D eigenvalue weighted by atomic mass is 19.1. The summed E-state index contributed by atoms with van der Waals surface area (Å²) >= 11 is 0. The van der Waals surface area contributed by atoms with Gasteiger partial charge in [0.25, 0.3) is 0 Å². The highest BCUT2D eigenvalue weighted by Crippen LogP contribution is 2.46. The lowest BCUT2D eigenvalue weighted by molar-refractivity contribution is -0.147. The molecule has 1 aliphatic rings. The molecule has 0 spiro atoms. The molecule has 0 radical (unpaired) electrons. The summed E-state index contributed by atoms with van der Waals surface area (Å²) < 4.78 is 37.5. The topological polar surface area (TPSA) is 72.9 Å². The molecule has 1 heterocycles. The summed E-state index contributed by atoms with van der Waals surface area (Å²) in [6.07, 6.45) is 0.103. The Bertz CT molecular complexity index is 1240. The predicted octanol–water partition coefficient (Wildman–Crippen LogP) is 5.68. The Morgan fingerprint density at radius 3 is 2.00 bits per heavy atom. The van der Waals surface area contributed by atoms with Gasteiger partial charge < -0.3 is 14.4 Å². The monoisotopic (exact) mass is 493 g/mol. The molecule has 1 fully saturated rings. The first kappa shape index (κ1) is 25.0. The minimum absolute atomic E-state index is 0.142. The molecule has 0 N–H and O–H groups in total. The van der Waals surface area contributed by atoms with Crippen molar-refractivity contribution in [2.75, 3.05) is 4.90 Å². The van der Waals surface area contributed by atoms with E-state index in [4.69, 9.17) is 9.47 Å². The van der Waals surface area contributed by atoms with E-state index in [2.05, 4.69) is 0 Å². The minimum Gasteiger partial charge on any atom is -0.458 e. The van der Waals surface area contributed by atoms with Crippen molar-refractivity contribution in [3.63, 3.8) is 0 Å². The van der Waals surface area contributed by atoms with Crippen molar-refractivity contribution in [1.82, 2.24) is 0 Å². The van der Waals surface area contributed by atoms with Crippen molar-refractivity contribution in [3.05, 3.63) is 95.6 Å². The van der Waals surface area contributed by atoms with E-state index < -0.39 is 35.6 Å². The largest absolute Gasteiger partial charge is 0.458 e. The van der Waals surface area contributed by atoms with E-state index in [-0.39, 0.29) is 11.9 Å². The maximum absolute atomic E-state index is 13.5. The number of esters is 2. The third-order valence-corrected chi connectivity index (χ3v) is 6.09. The Balaban J connectivity index is 1.59. The van der Waals surface area contributed by atoms with Gasteiger partial charge in [-0.05, 0) is 72.5 Å². The standard InChI is InChI=1S/C28H25F2NO5/c1-17(32)35-24-13-5-20(6-14-24)27-25(28(34)31(27)23-11-9-22(30)10-12-23)15-16-26(36-18(2)33)19-3-7-21(29)8-4-19/h3-14,25-27H,15-16H2,1-2H3. The first-order valence-corrected chi connectivity index (χ1v) is 11.5. The molecule has 3 atom stereocenters. The number of halogens is 2. The maximum atomic E-state index is 13.5. The Kier molecular flexibility index (Phi) is 7.43. The van der Waals surface area contributed by atoms with Crippen LogP contribution in [-0.2, 0) is 19.1 Å². The van der Waals surface area contributed by atoms with E-state index in [0.29, 0.717) is 29.8 Å². The van der Waals surface area contributed by atoms with Crippen molar-refractivity contribution in [1.29, 1.82) is 0 Å². The lowest BCUT2D eigenvalue weighted by atomic mass is 9.78. The number of hydrogen-bond donors (Lipinski definition) is 0. The normalized spacial score (nSPS) is 17.8. The van der Waals surface area contributed by atoms with Crippen molar-refractivity contribution in [3.8, 4) is 5.75 Å². The van der Waals surface area contributed by atoms with Crippen LogP contribution in [-0.4, -0.2) is 17.8 Å². The van der Waals surface area contributed by atoms with Gasteiger partial charge in [0.15, 0.2) is 0 Å². The van der Waals surface area contributed by atoms with Crippen molar-refractivity contribution < 1.29 is 32.6 Å². The zero-order chi connectivity index (χ0) is 25.8. The third kappa shape index (κ3) is 5.59. The second kappa shape index (κ2) is 10.7. The number of hydrogen-bond acceptors (Lipinski definition) is 5. The van der Waals surface area contributed by atoms with E-state index >= 15 is 0 Å². The summed E-state index contributed by atoms with van der Waals surface area (Å²) in [4.78, 5) is 37.8. The lowest BCUT2D eigenvalue weighted by Gasteiger charge is -2.48. The molecule has 36 heavy (non-hydrogen) atoms. The number of anilines is 1. The smallest absolute Gasteiger partial charge is 0.308 e. The second-order valence-corrected chi connectivity index (χ2v) is 8.63. The van der Waals surface area contributed by atoms with Gasteiger partial charge in [0.1, 0.15) is 23.5 Å². The number of amides is 1. The minimum atomic E-state index is -0.636. The maximum Gasteiger partial charge on any atom is 0.308 e. The number of rotatable bonds is 8.